The van der Waals surface area contributed by atoms with E-state index in [1.807, 2.05) is 19.2 Å². The fraction of sp³-hybridized carbons (Fsp3) is 0.500. The largest absolute Gasteiger partial charge is 0.495 e. The maximum Gasteiger partial charge on any atom is 0.143 e. The first-order valence-electron chi connectivity index (χ1n) is 5.60. The molecule has 1 fully saturated rings. The van der Waals surface area contributed by atoms with Crippen molar-refractivity contribution in [1.29, 1.82) is 0 Å². The van der Waals surface area contributed by atoms with Crippen molar-refractivity contribution in [3.05, 3.63) is 18.2 Å². The number of anilines is 2. The monoisotopic (exact) mass is 221 g/mol. The van der Waals surface area contributed by atoms with Gasteiger partial charge in [0.05, 0.1) is 12.8 Å². The van der Waals surface area contributed by atoms with Crippen molar-refractivity contribution in [2.75, 3.05) is 37.9 Å². The van der Waals surface area contributed by atoms with Crippen molar-refractivity contribution >= 4 is 11.4 Å². The summed E-state index contributed by atoms with van der Waals surface area (Å²) in [6.45, 7) is 2.13. The third kappa shape index (κ3) is 2.07. The molecule has 88 valence electrons. The first-order chi connectivity index (χ1) is 7.74. The van der Waals surface area contributed by atoms with Crippen molar-refractivity contribution in [3.8, 4) is 5.75 Å². The minimum atomic E-state index is 0.587. The molecule has 4 heteroatoms. The lowest BCUT2D eigenvalue weighted by Crippen LogP contribution is -2.29. The molecule has 0 radical (unpaired) electrons. The van der Waals surface area contributed by atoms with Crippen LogP contribution in [0, 0.1) is 0 Å². The van der Waals surface area contributed by atoms with Gasteiger partial charge in [0.15, 0.2) is 0 Å². The van der Waals surface area contributed by atoms with E-state index in [0.717, 1.165) is 18.8 Å². The second kappa shape index (κ2) is 4.61. The summed E-state index contributed by atoms with van der Waals surface area (Å²) in [7, 11) is 3.66. The number of nitrogen functional groups attached to an aromatic ring is 1. The maximum atomic E-state index is 5.80. The lowest BCUT2D eigenvalue weighted by atomic mass is 10.2. The van der Waals surface area contributed by atoms with Crippen LogP contribution in [0.2, 0.25) is 0 Å². The first-order valence-corrected chi connectivity index (χ1v) is 5.60. The van der Waals surface area contributed by atoms with Crippen LogP contribution in [-0.4, -0.2) is 33.3 Å². The van der Waals surface area contributed by atoms with Crippen molar-refractivity contribution in [2.45, 2.75) is 12.5 Å². The third-order valence-corrected chi connectivity index (χ3v) is 3.18. The van der Waals surface area contributed by atoms with Crippen LogP contribution in [-0.2, 0) is 0 Å². The van der Waals surface area contributed by atoms with Crippen molar-refractivity contribution in [3.63, 3.8) is 0 Å². The Labute approximate surface area is 96.4 Å². The summed E-state index contributed by atoms with van der Waals surface area (Å²) in [5.41, 5.74) is 7.67. The molecule has 2 rings (SSSR count). The van der Waals surface area contributed by atoms with E-state index < -0.39 is 0 Å². The molecule has 0 aromatic heterocycles. The van der Waals surface area contributed by atoms with E-state index >= 15 is 0 Å². The lowest BCUT2D eigenvalue weighted by molar-refractivity contribution is 0.417. The van der Waals surface area contributed by atoms with Gasteiger partial charge in [-0.15, -0.1) is 0 Å². The molecule has 1 saturated heterocycles. The van der Waals surface area contributed by atoms with Gasteiger partial charge in [0, 0.05) is 30.9 Å². The first kappa shape index (κ1) is 11.1. The molecular weight excluding hydrogens is 202 g/mol. The highest BCUT2D eigenvalue weighted by Gasteiger charge is 2.21. The highest BCUT2D eigenvalue weighted by molar-refractivity contribution is 5.62. The molecular formula is C12H19N3O. The van der Waals surface area contributed by atoms with Crippen molar-refractivity contribution in [1.82, 2.24) is 5.32 Å². The van der Waals surface area contributed by atoms with Gasteiger partial charge in [-0.25, -0.2) is 0 Å². The van der Waals surface area contributed by atoms with E-state index in [0.29, 0.717) is 11.7 Å². The quantitative estimate of drug-likeness (QED) is 0.750. The Balaban J connectivity index is 2.15. The zero-order valence-electron chi connectivity index (χ0n) is 9.86. The van der Waals surface area contributed by atoms with Crippen LogP contribution in [0.3, 0.4) is 0 Å². The molecule has 0 amide bonds. The van der Waals surface area contributed by atoms with Gasteiger partial charge in [0.25, 0.3) is 0 Å². The van der Waals surface area contributed by atoms with Crippen LogP contribution >= 0.6 is 0 Å². The second-order valence-corrected chi connectivity index (χ2v) is 4.15. The molecule has 16 heavy (non-hydrogen) atoms. The standard InChI is InChI=1S/C12H19N3O/c1-14-9-5-6-15(8-9)10-3-4-11(13)12(7-10)16-2/h3-4,7,9,14H,5-6,8,13H2,1-2H3/t9-/m1/s1. The molecule has 0 unspecified atom stereocenters. The van der Waals surface area contributed by atoms with E-state index in [1.54, 1.807) is 7.11 Å². The third-order valence-electron chi connectivity index (χ3n) is 3.18. The fourth-order valence-electron chi connectivity index (χ4n) is 2.13. The predicted molar refractivity (Wildman–Crippen MR) is 67.1 cm³/mol. The highest BCUT2D eigenvalue weighted by Crippen LogP contribution is 2.29. The highest BCUT2D eigenvalue weighted by atomic mass is 16.5. The normalized spacial score (nSPS) is 20.1. The summed E-state index contributed by atoms with van der Waals surface area (Å²) in [5, 5.41) is 3.31. The van der Waals surface area contributed by atoms with Crippen LogP contribution in [0.25, 0.3) is 0 Å². The number of methoxy groups -OCH3 is 1. The average Bonchev–Trinajstić information content (AvgIpc) is 2.78. The van der Waals surface area contributed by atoms with E-state index in [2.05, 4.69) is 16.3 Å². The number of benzene rings is 1. The van der Waals surface area contributed by atoms with E-state index in [4.69, 9.17) is 10.5 Å². The Morgan fingerprint density at radius 3 is 2.94 bits per heavy atom. The molecule has 0 bridgehead atoms. The number of hydrogen-bond acceptors (Lipinski definition) is 4. The Morgan fingerprint density at radius 2 is 2.31 bits per heavy atom. The second-order valence-electron chi connectivity index (χ2n) is 4.15. The van der Waals surface area contributed by atoms with Gasteiger partial charge >= 0.3 is 0 Å². The molecule has 1 atom stereocenters. The zero-order chi connectivity index (χ0) is 11.5. The van der Waals surface area contributed by atoms with Crippen LogP contribution in [0.5, 0.6) is 5.75 Å². The number of hydrogen-bond donors (Lipinski definition) is 2. The Morgan fingerprint density at radius 1 is 1.50 bits per heavy atom. The predicted octanol–water partition coefficient (Wildman–Crippen LogP) is 1.08. The lowest BCUT2D eigenvalue weighted by Gasteiger charge is -2.19. The summed E-state index contributed by atoms with van der Waals surface area (Å²) in [6.07, 6.45) is 1.18. The molecule has 0 aliphatic carbocycles. The molecule has 1 heterocycles. The van der Waals surface area contributed by atoms with Crippen LogP contribution in [0.1, 0.15) is 6.42 Å². The number of nitrogens with zero attached hydrogens (tertiary/aromatic N) is 1. The molecule has 1 aliphatic heterocycles. The molecule has 1 aliphatic rings. The van der Waals surface area contributed by atoms with Gasteiger partial charge in [-0.2, -0.15) is 0 Å². The number of likely N-dealkylation sites (N-methyl/N-ethyl adjacent to an activating group) is 1. The SMILES string of the molecule is CN[C@@H]1CCN(c2ccc(N)c(OC)c2)C1. The molecule has 1 aromatic carbocycles. The van der Waals surface area contributed by atoms with Gasteiger partial charge in [-0.1, -0.05) is 0 Å². The van der Waals surface area contributed by atoms with Gasteiger partial charge in [-0.05, 0) is 25.6 Å². The van der Waals surface area contributed by atoms with Gasteiger partial charge in [-0.3, -0.25) is 0 Å². The number of ether oxygens (including phenoxy) is 1. The van der Waals surface area contributed by atoms with E-state index in [9.17, 15) is 0 Å². The summed E-state index contributed by atoms with van der Waals surface area (Å²) >= 11 is 0. The summed E-state index contributed by atoms with van der Waals surface area (Å²) in [5.74, 6) is 0.755. The summed E-state index contributed by atoms with van der Waals surface area (Å²) < 4.78 is 5.23. The maximum absolute atomic E-state index is 5.80. The minimum Gasteiger partial charge on any atom is -0.495 e. The zero-order valence-corrected chi connectivity index (χ0v) is 9.86. The van der Waals surface area contributed by atoms with Gasteiger partial charge in [0.1, 0.15) is 5.75 Å². The van der Waals surface area contributed by atoms with Crippen molar-refractivity contribution in [2.24, 2.45) is 0 Å². The summed E-state index contributed by atoms with van der Waals surface area (Å²) in [6, 6.07) is 6.55. The van der Waals surface area contributed by atoms with Gasteiger partial charge in [0.2, 0.25) is 0 Å². The van der Waals surface area contributed by atoms with Gasteiger partial charge < -0.3 is 20.7 Å². The number of rotatable bonds is 3. The Hall–Kier alpha value is -1.42. The minimum absolute atomic E-state index is 0.587. The van der Waals surface area contributed by atoms with E-state index in [1.165, 1.54) is 12.1 Å². The fourth-order valence-corrected chi connectivity index (χ4v) is 2.13. The summed E-state index contributed by atoms with van der Waals surface area (Å²) in [4.78, 5) is 2.35. The van der Waals surface area contributed by atoms with Crippen molar-refractivity contribution < 1.29 is 4.74 Å². The molecule has 4 nitrogen and oxygen atoms in total. The molecule has 1 aromatic rings. The average molecular weight is 221 g/mol. The smallest absolute Gasteiger partial charge is 0.143 e. The number of nitrogens with one attached hydrogen (secondary N) is 1. The van der Waals surface area contributed by atoms with Crippen LogP contribution in [0.15, 0.2) is 18.2 Å². The molecule has 0 saturated carbocycles. The molecule has 0 spiro atoms. The van der Waals surface area contributed by atoms with E-state index in [-0.39, 0.29) is 0 Å². The van der Waals surface area contributed by atoms with Crippen LogP contribution < -0.4 is 20.7 Å². The topological polar surface area (TPSA) is 50.5 Å². The Kier molecular flexibility index (Phi) is 3.19. The Bertz CT molecular complexity index is 367. The molecule has 3 N–H and O–H groups in total. The number of nitrogens with two attached hydrogens (primary N) is 1. The van der Waals surface area contributed by atoms with Crippen LogP contribution in [0.4, 0.5) is 11.4 Å².